The van der Waals surface area contributed by atoms with E-state index in [2.05, 4.69) is 26.4 Å². The molecule has 0 aromatic carbocycles. The van der Waals surface area contributed by atoms with Gasteiger partial charge in [0.05, 0.1) is 8.47 Å². The van der Waals surface area contributed by atoms with Crippen LogP contribution < -0.4 is 0 Å². The fraction of sp³-hybridized carbons (Fsp3) is 0.750. The third-order valence-corrected chi connectivity index (χ3v) is 5.97. The molecule has 0 atom stereocenters. The SMILES string of the molecule is CCS/C(SC)=C(/SC)SCC. The van der Waals surface area contributed by atoms with Gasteiger partial charge in [-0.2, -0.15) is 0 Å². The van der Waals surface area contributed by atoms with Crippen molar-refractivity contribution in [2.75, 3.05) is 24.0 Å². The first-order chi connectivity index (χ1) is 5.79. The first-order valence-electron chi connectivity index (χ1n) is 3.87. The van der Waals surface area contributed by atoms with E-state index in [0.29, 0.717) is 0 Å². The summed E-state index contributed by atoms with van der Waals surface area (Å²) >= 11 is 7.64. The van der Waals surface area contributed by atoms with E-state index in [1.807, 2.05) is 47.0 Å². The van der Waals surface area contributed by atoms with Crippen LogP contribution in [0.2, 0.25) is 0 Å². The highest BCUT2D eigenvalue weighted by Crippen LogP contribution is 2.39. The molecule has 0 aliphatic rings. The second-order valence-corrected chi connectivity index (χ2v) is 6.55. The molecule has 0 unspecified atom stereocenters. The van der Waals surface area contributed by atoms with Gasteiger partial charge in [0.2, 0.25) is 0 Å². The average molecular weight is 240 g/mol. The molecule has 12 heavy (non-hydrogen) atoms. The van der Waals surface area contributed by atoms with Gasteiger partial charge in [-0.05, 0) is 24.0 Å². The Morgan fingerprint density at radius 3 is 1.33 bits per heavy atom. The molecule has 0 saturated carbocycles. The summed E-state index contributed by atoms with van der Waals surface area (Å²) in [5.74, 6) is 2.34. The Balaban J connectivity index is 4.26. The molecule has 0 aliphatic carbocycles. The summed E-state index contributed by atoms with van der Waals surface area (Å²) in [4.78, 5) is 0. The first kappa shape index (κ1) is 13.1. The fourth-order valence-electron chi connectivity index (χ4n) is 0.665. The highest BCUT2D eigenvalue weighted by Gasteiger charge is 2.04. The third kappa shape index (κ3) is 5.00. The number of thioether (sulfide) groups is 4. The van der Waals surface area contributed by atoms with Crippen LogP contribution in [0.5, 0.6) is 0 Å². The van der Waals surface area contributed by atoms with Crippen LogP contribution in [0.4, 0.5) is 0 Å². The van der Waals surface area contributed by atoms with E-state index in [0.717, 1.165) is 0 Å². The molecule has 0 rings (SSSR count). The molecule has 0 amide bonds. The molecular weight excluding hydrogens is 224 g/mol. The highest BCUT2D eigenvalue weighted by molar-refractivity contribution is 8.27. The van der Waals surface area contributed by atoms with Gasteiger partial charge in [-0.25, -0.2) is 0 Å². The molecular formula is C8H16S4. The van der Waals surface area contributed by atoms with Crippen LogP contribution in [0.3, 0.4) is 0 Å². The van der Waals surface area contributed by atoms with Gasteiger partial charge in [0.15, 0.2) is 0 Å². The van der Waals surface area contributed by atoms with Gasteiger partial charge >= 0.3 is 0 Å². The molecule has 0 aromatic rings. The van der Waals surface area contributed by atoms with Crippen molar-refractivity contribution in [2.45, 2.75) is 13.8 Å². The summed E-state index contributed by atoms with van der Waals surface area (Å²) in [5.41, 5.74) is 0. The van der Waals surface area contributed by atoms with E-state index < -0.39 is 0 Å². The van der Waals surface area contributed by atoms with Crippen molar-refractivity contribution < 1.29 is 0 Å². The zero-order valence-corrected chi connectivity index (χ0v) is 11.3. The zero-order chi connectivity index (χ0) is 9.40. The molecule has 72 valence electrons. The van der Waals surface area contributed by atoms with E-state index in [1.54, 1.807) is 0 Å². The van der Waals surface area contributed by atoms with Crippen molar-refractivity contribution in [2.24, 2.45) is 0 Å². The van der Waals surface area contributed by atoms with Crippen LogP contribution in [-0.4, -0.2) is 24.0 Å². The summed E-state index contributed by atoms with van der Waals surface area (Å²) in [6, 6.07) is 0. The van der Waals surface area contributed by atoms with Crippen LogP contribution in [0.15, 0.2) is 8.47 Å². The van der Waals surface area contributed by atoms with Crippen LogP contribution in [0.25, 0.3) is 0 Å². The second-order valence-electron chi connectivity index (χ2n) is 1.85. The summed E-state index contributed by atoms with van der Waals surface area (Å²) < 4.78 is 2.97. The molecule has 0 heterocycles. The average Bonchev–Trinajstić information content (AvgIpc) is 2.11. The normalized spacial score (nSPS) is 13.0. The minimum absolute atomic E-state index is 1.17. The minimum atomic E-state index is 1.17. The predicted molar refractivity (Wildman–Crippen MR) is 70.3 cm³/mol. The summed E-state index contributed by atoms with van der Waals surface area (Å²) in [5, 5.41) is 0. The Morgan fingerprint density at radius 2 is 1.17 bits per heavy atom. The largest absolute Gasteiger partial charge is 0.121 e. The van der Waals surface area contributed by atoms with Crippen molar-refractivity contribution in [3.63, 3.8) is 0 Å². The van der Waals surface area contributed by atoms with Crippen LogP contribution in [-0.2, 0) is 0 Å². The summed E-state index contributed by atoms with van der Waals surface area (Å²) in [7, 11) is 0. The Labute approximate surface area is 93.1 Å². The van der Waals surface area contributed by atoms with Crippen LogP contribution in [0, 0.1) is 0 Å². The maximum Gasteiger partial charge on any atom is 0.0599 e. The van der Waals surface area contributed by atoms with E-state index in [1.165, 1.54) is 20.0 Å². The molecule has 0 nitrogen and oxygen atoms in total. The monoisotopic (exact) mass is 240 g/mol. The molecule has 0 bridgehead atoms. The first-order valence-corrected chi connectivity index (χ1v) is 8.30. The molecule has 0 radical (unpaired) electrons. The smallest absolute Gasteiger partial charge is 0.0599 e. The molecule has 0 aliphatic heterocycles. The number of hydrogen-bond acceptors (Lipinski definition) is 4. The van der Waals surface area contributed by atoms with Gasteiger partial charge in [0, 0.05) is 0 Å². The zero-order valence-electron chi connectivity index (χ0n) is 8.05. The Hall–Kier alpha value is 1.14. The quantitative estimate of drug-likeness (QED) is 0.677. The molecule has 4 heteroatoms. The molecule has 0 fully saturated rings. The molecule has 0 aromatic heterocycles. The molecule has 0 N–H and O–H groups in total. The van der Waals surface area contributed by atoms with Crippen LogP contribution in [0.1, 0.15) is 13.8 Å². The fourth-order valence-corrected chi connectivity index (χ4v) is 5.11. The maximum atomic E-state index is 2.20. The van der Waals surface area contributed by atoms with Crippen molar-refractivity contribution in [1.82, 2.24) is 0 Å². The van der Waals surface area contributed by atoms with Crippen molar-refractivity contribution >= 4 is 47.0 Å². The Morgan fingerprint density at radius 1 is 0.833 bits per heavy atom. The molecule has 0 spiro atoms. The van der Waals surface area contributed by atoms with Crippen molar-refractivity contribution in [3.8, 4) is 0 Å². The third-order valence-electron chi connectivity index (χ3n) is 1.09. The van der Waals surface area contributed by atoms with Crippen LogP contribution >= 0.6 is 47.0 Å². The van der Waals surface area contributed by atoms with E-state index in [4.69, 9.17) is 0 Å². The van der Waals surface area contributed by atoms with Crippen molar-refractivity contribution in [1.29, 1.82) is 0 Å². The van der Waals surface area contributed by atoms with Gasteiger partial charge in [0.25, 0.3) is 0 Å². The second kappa shape index (κ2) is 8.73. The Bertz CT molecular complexity index is 126. The topological polar surface area (TPSA) is 0 Å². The van der Waals surface area contributed by atoms with Gasteiger partial charge in [-0.3, -0.25) is 0 Å². The van der Waals surface area contributed by atoms with E-state index >= 15 is 0 Å². The van der Waals surface area contributed by atoms with Gasteiger partial charge in [-0.1, -0.05) is 13.8 Å². The summed E-state index contributed by atoms with van der Waals surface area (Å²) in [6.07, 6.45) is 4.31. The summed E-state index contributed by atoms with van der Waals surface area (Å²) in [6.45, 7) is 4.41. The predicted octanol–water partition coefficient (Wildman–Crippen LogP) is 4.35. The van der Waals surface area contributed by atoms with Crippen molar-refractivity contribution in [3.05, 3.63) is 8.47 Å². The van der Waals surface area contributed by atoms with Gasteiger partial charge < -0.3 is 0 Å². The number of rotatable bonds is 6. The van der Waals surface area contributed by atoms with E-state index in [9.17, 15) is 0 Å². The van der Waals surface area contributed by atoms with Gasteiger partial charge in [0.1, 0.15) is 0 Å². The van der Waals surface area contributed by atoms with Gasteiger partial charge in [-0.15, -0.1) is 47.0 Å². The molecule has 0 saturated heterocycles. The lowest BCUT2D eigenvalue weighted by Gasteiger charge is -2.08. The van der Waals surface area contributed by atoms with E-state index in [-0.39, 0.29) is 0 Å². The maximum absolute atomic E-state index is 2.20. The standard InChI is InChI=1S/C8H16S4/c1-5-11-7(9-3)8(10-4)12-6-2/h5-6H2,1-4H3/b8-7-. The highest BCUT2D eigenvalue weighted by atomic mass is 32.2. The lowest BCUT2D eigenvalue weighted by molar-refractivity contribution is 1.53. The Kier molecular flexibility index (Phi) is 9.55. The lowest BCUT2D eigenvalue weighted by atomic mass is 11.0. The minimum Gasteiger partial charge on any atom is -0.121 e. The lowest BCUT2D eigenvalue weighted by Crippen LogP contribution is -1.78. The number of hydrogen-bond donors (Lipinski definition) is 0.